The van der Waals surface area contributed by atoms with Gasteiger partial charge in [-0.2, -0.15) is 0 Å². The molecule has 2 N–H and O–H groups in total. The van der Waals surface area contributed by atoms with E-state index in [0.29, 0.717) is 59.7 Å². The van der Waals surface area contributed by atoms with Gasteiger partial charge < -0.3 is 38.6 Å². The highest BCUT2D eigenvalue weighted by molar-refractivity contribution is 5.55. The van der Waals surface area contributed by atoms with Crippen molar-refractivity contribution < 1.29 is 38.6 Å². The van der Waals surface area contributed by atoms with Gasteiger partial charge in [0.1, 0.15) is 55.9 Å². The lowest BCUT2D eigenvalue weighted by molar-refractivity contribution is -0.108. The number of hydrogen-bond acceptors (Lipinski definition) is 8. The van der Waals surface area contributed by atoms with Crippen molar-refractivity contribution in [3.63, 3.8) is 0 Å². The zero-order valence-electron chi connectivity index (χ0n) is 29.3. The molecular weight excluding hydrogens is 668 g/mol. The van der Waals surface area contributed by atoms with E-state index >= 15 is 0 Å². The summed E-state index contributed by atoms with van der Waals surface area (Å²) in [7, 11) is 0. The first-order valence-corrected chi connectivity index (χ1v) is 17.7. The molecule has 0 unspecified atom stereocenters. The Morgan fingerprint density at radius 3 is 1.53 bits per heavy atom. The van der Waals surface area contributed by atoms with Gasteiger partial charge in [-0.1, -0.05) is 127 Å². The van der Waals surface area contributed by atoms with E-state index < -0.39 is 18.3 Å². The fourth-order valence-corrected chi connectivity index (χ4v) is 6.20. The maximum atomic E-state index is 12.0. The Kier molecular flexibility index (Phi) is 11.8. The van der Waals surface area contributed by atoms with Crippen LogP contribution in [0.4, 0.5) is 0 Å². The summed E-state index contributed by atoms with van der Waals surface area (Å²) in [6.07, 6.45) is -2.95. The van der Waals surface area contributed by atoms with Crippen molar-refractivity contribution in [2.45, 2.75) is 44.7 Å². The average molecular weight is 711 g/mol. The van der Waals surface area contributed by atoms with Crippen LogP contribution < -0.4 is 23.7 Å². The third-order valence-electron chi connectivity index (χ3n) is 8.88. The molecule has 0 spiro atoms. The van der Waals surface area contributed by atoms with Gasteiger partial charge in [-0.25, -0.2) is 0 Å². The van der Waals surface area contributed by atoms with E-state index in [1.54, 1.807) is 12.1 Å². The Hall–Kier alpha value is -5.80. The molecule has 0 aromatic heterocycles. The molecule has 1 heterocycles. The maximum Gasteiger partial charge on any atom is 0.162 e. The third-order valence-corrected chi connectivity index (χ3v) is 8.88. The zero-order chi connectivity index (χ0) is 36.2. The minimum absolute atomic E-state index is 0.00400. The quantitative estimate of drug-likeness (QED) is 0.103. The van der Waals surface area contributed by atoms with E-state index in [9.17, 15) is 10.2 Å². The molecule has 0 fully saturated rings. The van der Waals surface area contributed by atoms with Crippen LogP contribution in [0, 0.1) is 0 Å². The summed E-state index contributed by atoms with van der Waals surface area (Å²) in [5.74, 6) is 2.48. The highest BCUT2D eigenvalue weighted by atomic mass is 16.5. The summed E-state index contributed by atoms with van der Waals surface area (Å²) < 4.78 is 38.1. The monoisotopic (exact) mass is 710 g/mol. The fourth-order valence-electron chi connectivity index (χ4n) is 6.20. The molecule has 1 aliphatic rings. The fraction of sp³-hybridized carbons (Fsp3) is 0.200. The zero-order valence-corrected chi connectivity index (χ0v) is 29.3. The summed E-state index contributed by atoms with van der Waals surface area (Å²) in [5, 5.41) is 21.8. The van der Waals surface area contributed by atoms with Crippen LogP contribution in [0.3, 0.4) is 0 Å². The molecule has 0 amide bonds. The smallest absolute Gasteiger partial charge is 0.162 e. The molecule has 0 aliphatic carbocycles. The molecule has 270 valence electrons. The largest absolute Gasteiger partial charge is 0.489 e. The van der Waals surface area contributed by atoms with Gasteiger partial charge in [-0.05, 0) is 39.9 Å². The number of fused-ring (bicyclic) bond motifs is 1. The molecule has 6 aromatic carbocycles. The summed E-state index contributed by atoms with van der Waals surface area (Å²) in [6, 6.07) is 48.6. The first-order valence-electron chi connectivity index (χ1n) is 17.7. The summed E-state index contributed by atoms with van der Waals surface area (Å²) in [4.78, 5) is 0. The van der Waals surface area contributed by atoms with Gasteiger partial charge in [0.2, 0.25) is 0 Å². The molecule has 0 saturated carbocycles. The lowest BCUT2D eigenvalue weighted by atomic mass is 9.91. The molecule has 0 radical (unpaired) electrons. The van der Waals surface area contributed by atoms with E-state index in [1.165, 1.54) is 0 Å². The van der Waals surface area contributed by atoms with Crippen LogP contribution in [0.1, 0.15) is 45.6 Å². The van der Waals surface area contributed by atoms with E-state index in [4.69, 9.17) is 28.4 Å². The molecule has 1 aliphatic heterocycles. The van der Waals surface area contributed by atoms with Crippen molar-refractivity contribution in [1.82, 2.24) is 0 Å². The van der Waals surface area contributed by atoms with Gasteiger partial charge in [-0.3, -0.25) is 0 Å². The first kappa shape index (κ1) is 35.6. The lowest BCUT2D eigenvalue weighted by Gasteiger charge is -2.38. The number of benzene rings is 6. The topological polar surface area (TPSA) is 95.8 Å². The van der Waals surface area contributed by atoms with E-state index in [0.717, 1.165) is 22.3 Å². The molecule has 53 heavy (non-hydrogen) atoms. The molecule has 6 aromatic rings. The normalized spacial score (nSPS) is 16.2. The van der Waals surface area contributed by atoms with Crippen LogP contribution in [0.2, 0.25) is 0 Å². The van der Waals surface area contributed by atoms with Crippen LogP contribution in [0.5, 0.6) is 28.7 Å². The predicted octanol–water partition coefficient (Wildman–Crippen LogP) is 8.55. The number of ether oxygens (including phenoxy) is 6. The number of hydrogen-bond donors (Lipinski definition) is 2. The van der Waals surface area contributed by atoms with Gasteiger partial charge in [0.05, 0.1) is 18.8 Å². The van der Waals surface area contributed by atoms with Crippen molar-refractivity contribution in [3.05, 3.63) is 185 Å². The van der Waals surface area contributed by atoms with Crippen molar-refractivity contribution in [3.8, 4) is 28.7 Å². The summed E-state index contributed by atoms with van der Waals surface area (Å²) in [5.41, 5.74) is 5.18. The van der Waals surface area contributed by atoms with Crippen LogP contribution in [0.15, 0.2) is 152 Å². The maximum absolute atomic E-state index is 12.0. The van der Waals surface area contributed by atoms with Crippen molar-refractivity contribution >= 4 is 0 Å². The van der Waals surface area contributed by atoms with Gasteiger partial charge >= 0.3 is 0 Å². The second-order valence-electron chi connectivity index (χ2n) is 12.7. The second-order valence-corrected chi connectivity index (χ2v) is 12.7. The number of aliphatic hydroxyl groups is 2. The van der Waals surface area contributed by atoms with Crippen LogP contribution >= 0.6 is 0 Å². The van der Waals surface area contributed by atoms with Gasteiger partial charge in [-0.15, -0.1) is 0 Å². The highest BCUT2D eigenvalue weighted by Gasteiger charge is 2.42. The van der Waals surface area contributed by atoms with Crippen LogP contribution in [-0.2, 0) is 31.2 Å². The van der Waals surface area contributed by atoms with E-state index in [1.807, 2.05) is 140 Å². The van der Waals surface area contributed by atoms with Crippen molar-refractivity contribution in [2.75, 3.05) is 13.2 Å². The second kappa shape index (κ2) is 17.6. The first-order chi connectivity index (χ1) is 26.1. The minimum atomic E-state index is -1.18. The lowest BCUT2D eigenvalue weighted by Crippen LogP contribution is -2.36. The van der Waals surface area contributed by atoms with Gasteiger partial charge in [0, 0.05) is 12.1 Å². The van der Waals surface area contributed by atoms with E-state index in [-0.39, 0.29) is 19.8 Å². The molecule has 3 atom stereocenters. The summed E-state index contributed by atoms with van der Waals surface area (Å²) in [6.45, 7) is 1.04. The molecular formula is C45H42O8. The van der Waals surface area contributed by atoms with E-state index in [2.05, 4.69) is 0 Å². The molecule has 0 saturated heterocycles. The predicted molar refractivity (Wildman–Crippen MR) is 201 cm³/mol. The standard InChI is InChI=1S/C45H42O8/c46-23-24-48-45-42-40(52-31-35-19-11-4-12-20-35)26-37(49-28-32-13-5-1-6-14-32)27-41(42)53-44(43(45)47)36-21-22-38(50-29-33-15-7-2-8-16-33)39(25-36)51-30-34-17-9-3-10-18-34/h1-22,25-27,43-47H,23-24,28-31H2/t43-,44+,45-/m0/s1. The van der Waals surface area contributed by atoms with Gasteiger partial charge in [0.25, 0.3) is 0 Å². The van der Waals surface area contributed by atoms with Crippen LogP contribution in [-0.4, -0.2) is 29.5 Å². The minimum Gasteiger partial charge on any atom is -0.489 e. The third kappa shape index (κ3) is 9.17. The SMILES string of the molecule is OCCO[C@H]1c2c(OCc3ccccc3)cc(OCc3ccccc3)cc2O[C@H](c2ccc(OCc3ccccc3)c(OCc3ccccc3)c2)[C@@H]1O. The Labute approximate surface area is 309 Å². The molecule has 0 bridgehead atoms. The molecule has 8 nitrogen and oxygen atoms in total. The Balaban J connectivity index is 1.23. The highest BCUT2D eigenvalue weighted by Crippen LogP contribution is 2.50. The molecule has 8 heteroatoms. The van der Waals surface area contributed by atoms with Crippen molar-refractivity contribution in [1.29, 1.82) is 0 Å². The van der Waals surface area contributed by atoms with Gasteiger partial charge in [0.15, 0.2) is 17.6 Å². The number of aliphatic hydroxyl groups excluding tert-OH is 2. The average Bonchev–Trinajstić information content (AvgIpc) is 3.21. The Morgan fingerprint density at radius 1 is 0.509 bits per heavy atom. The number of rotatable bonds is 16. The van der Waals surface area contributed by atoms with Crippen molar-refractivity contribution in [2.24, 2.45) is 0 Å². The summed E-state index contributed by atoms with van der Waals surface area (Å²) >= 11 is 0. The molecule has 7 rings (SSSR count). The van der Waals surface area contributed by atoms with Crippen LogP contribution in [0.25, 0.3) is 0 Å². The Bertz CT molecular complexity index is 2020. The Morgan fingerprint density at radius 2 is 1.00 bits per heavy atom.